The number of likely N-dealkylation sites (tertiary alicyclic amines) is 1. The molecule has 2 aromatic rings. The van der Waals surface area contributed by atoms with Crippen LogP contribution in [0.15, 0.2) is 18.2 Å². The number of rotatable bonds is 11. The van der Waals surface area contributed by atoms with E-state index in [4.69, 9.17) is 45.3 Å². The van der Waals surface area contributed by atoms with Gasteiger partial charge in [0.15, 0.2) is 5.82 Å². The Bertz CT molecular complexity index is 1010. The average Bonchev–Trinajstić information content (AvgIpc) is 3.26. The van der Waals surface area contributed by atoms with E-state index in [1.54, 1.807) is 39.5 Å². The zero-order valence-corrected chi connectivity index (χ0v) is 20.9. The Morgan fingerprint density at radius 3 is 2.51 bits per heavy atom. The zero-order valence-electron chi connectivity index (χ0n) is 20.2. The molecule has 0 spiro atoms. The number of benzene rings is 1. The van der Waals surface area contributed by atoms with Gasteiger partial charge >= 0.3 is 6.09 Å². The summed E-state index contributed by atoms with van der Waals surface area (Å²) < 4.78 is 39.3. The number of halogens is 2. The monoisotopic (exact) mass is 512 g/mol. The van der Waals surface area contributed by atoms with Gasteiger partial charge in [-0.1, -0.05) is 11.6 Å². The predicted molar refractivity (Wildman–Crippen MR) is 128 cm³/mol. The summed E-state index contributed by atoms with van der Waals surface area (Å²) >= 11 is 6.52. The molecule has 1 amide bonds. The Balaban J connectivity index is 1.99. The van der Waals surface area contributed by atoms with Gasteiger partial charge < -0.3 is 33.9 Å². The quantitative estimate of drug-likeness (QED) is 0.485. The van der Waals surface area contributed by atoms with Gasteiger partial charge in [-0.2, -0.15) is 0 Å². The number of alkyl halides is 1. The van der Waals surface area contributed by atoms with Crippen LogP contribution >= 0.6 is 11.6 Å². The lowest BCUT2D eigenvalue weighted by Crippen LogP contribution is -2.36. The van der Waals surface area contributed by atoms with Crippen molar-refractivity contribution in [3.63, 3.8) is 0 Å². The number of carbonyl (C=O) groups excluding carboxylic acids is 1. The van der Waals surface area contributed by atoms with Crippen molar-refractivity contribution >= 4 is 23.5 Å². The average molecular weight is 513 g/mol. The normalized spacial score (nSPS) is 17.5. The highest BCUT2D eigenvalue weighted by Crippen LogP contribution is 2.33. The molecule has 1 aromatic carbocycles. The van der Waals surface area contributed by atoms with E-state index in [0.717, 1.165) is 0 Å². The van der Waals surface area contributed by atoms with E-state index < -0.39 is 18.9 Å². The molecule has 1 aromatic heterocycles. The lowest BCUT2D eigenvalue weighted by molar-refractivity contribution is 0.0443. The van der Waals surface area contributed by atoms with Crippen LogP contribution < -0.4 is 10.1 Å². The third-order valence-corrected chi connectivity index (χ3v) is 5.78. The number of ether oxygens (including phenoxy) is 5. The van der Waals surface area contributed by atoms with Crippen LogP contribution in [-0.2, 0) is 32.2 Å². The largest absolute Gasteiger partial charge is 0.497 e. The summed E-state index contributed by atoms with van der Waals surface area (Å²) in [6.07, 6.45) is -0.959. The second-order valence-electron chi connectivity index (χ2n) is 7.75. The van der Waals surface area contributed by atoms with E-state index in [1.165, 1.54) is 12.0 Å². The van der Waals surface area contributed by atoms with E-state index in [0.29, 0.717) is 39.2 Å². The van der Waals surface area contributed by atoms with Crippen molar-refractivity contribution in [3.8, 4) is 17.0 Å². The van der Waals surface area contributed by atoms with Crippen LogP contribution in [-0.4, -0.2) is 87.9 Å². The Morgan fingerprint density at radius 1 is 1.14 bits per heavy atom. The summed E-state index contributed by atoms with van der Waals surface area (Å²) in [6, 6.07) is 4.91. The van der Waals surface area contributed by atoms with Gasteiger partial charge in [0.05, 0.1) is 69.1 Å². The van der Waals surface area contributed by atoms with E-state index >= 15 is 0 Å². The van der Waals surface area contributed by atoms with Crippen molar-refractivity contribution in [2.45, 2.75) is 25.4 Å². The minimum atomic E-state index is -0.633. The predicted octanol–water partition coefficient (Wildman–Crippen LogP) is 3.32. The van der Waals surface area contributed by atoms with Crippen molar-refractivity contribution in [1.29, 1.82) is 0 Å². The van der Waals surface area contributed by atoms with Crippen LogP contribution in [0.2, 0.25) is 5.02 Å². The molecular weight excluding hydrogens is 483 g/mol. The summed E-state index contributed by atoms with van der Waals surface area (Å²) in [6.45, 7) is 0.148. The third-order valence-electron chi connectivity index (χ3n) is 5.46. The van der Waals surface area contributed by atoms with E-state index in [1.807, 2.05) is 0 Å². The van der Waals surface area contributed by atoms with Crippen LogP contribution in [0.5, 0.6) is 5.75 Å². The molecule has 1 N–H and O–H groups in total. The first kappa shape index (κ1) is 26.9. The molecule has 0 saturated carbocycles. The Hall–Kier alpha value is -2.73. The maximum atomic E-state index is 12.8. The second-order valence-corrected chi connectivity index (χ2v) is 8.16. The maximum Gasteiger partial charge on any atom is 0.409 e. The van der Waals surface area contributed by atoms with Crippen molar-refractivity contribution in [3.05, 3.63) is 34.6 Å². The number of hydrogen-bond donors (Lipinski definition) is 1. The van der Waals surface area contributed by atoms with Gasteiger partial charge in [0, 0.05) is 26.3 Å². The van der Waals surface area contributed by atoms with Gasteiger partial charge in [-0.15, -0.1) is 0 Å². The highest BCUT2D eigenvalue weighted by Gasteiger charge is 2.37. The molecule has 0 aliphatic carbocycles. The fourth-order valence-corrected chi connectivity index (χ4v) is 4.12. The lowest BCUT2D eigenvalue weighted by Gasteiger charge is -2.22. The number of nitrogens with one attached hydrogen (secondary N) is 1. The van der Waals surface area contributed by atoms with E-state index in [-0.39, 0.29) is 39.0 Å². The molecule has 10 nitrogen and oxygen atoms in total. The fourth-order valence-electron chi connectivity index (χ4n) is 3.86. The molecule has 2 heterocycles. The van der Waals surface area contributed by atoms with E-state index in [9.17, 15) is 9.18 Å². The molecule has 192 valence electrons. The standard InChI is InChI=1S/C23H30ClFN4O6/c1-31-12-18-21(15-6-5-14(33-3)9-16(15)24)26-19(13-32-2)22(28-18)27-17-10-29(23(30)34-4)11-20(17)35-8-7-25/h5-6,9,17,20H,7-8,10-13H2,1-4H3,(H,27,28)/t17-,20+/m1/s1. The van der Waals surface area contributed by atoms with Crippen molar-refractivity contribution < 1.29 is 32.9 Å². The molecule has 0 radical (unpaired) electrons. The molecule has 1 aliphatic heterocycles. The Morgan fingerprint density at radius 2 is 1.89 bits per heavy atom. The van der Waals surface area contributed by atoms with Gasteiger partial charge in [0.2, 0.25) is 0 Å². The first-order chi connectivity index (χ1) is 16.9. The van der Waals surface area contributed by atoms with E-state index in [2.05, 4.69) is 5.32 Å². The van der Waals surface area contributed by atoms with Gasteiger partial charge in [-0.05, 0) is 18.2 Å². The van der Waals surface area contributed by atoms with Gasteiger partial charge in [0.1, 0.15) is 18.1 Å². The first-order valence-corrected chi connectivity index (χ1v) is 11.3. The molecule has 1 saturated heterocycles. The molecule has 12 heteroatoms. The molecule has 0 unspecified atom stereocenters. The van der Waals surface area contributed by atoms with Crippen LogP contribution in [0, 0.1) is 0 Å². The van der Waals surface area contributed by atoms with Gasteiger partial charge in [0.25, 0.3) is 0 Å². The summed E-state index contributed by atoms with van der Waals surface area (Å²) in [7, 11) is 5.98. The van der Waals surface area contributed by atoms with Crippen molar-refractivity contribution in [2.24, 2.45) is 0 Å². The molecule has 2 atom stereocenters. The van der Waals surface area contributed by atoms with Crippen molar-refractivity contribution in [1.82, 2.24) is 14.9 Å². The topological polar surface area (TPSA) is 104 Å². The minimum absolute atomic E-state index is 0.0850. The number of aromatic nitrogens is 2. The fraction of sp³-hybridized carbons (Fsp3) is 0.522. The number of nitrogens with zero attached hydrogens (tertiary/aromatic N) is 3. The SMILES string of the molecule is COCc1nc(-c2ccc(OC)cc2Cl)c(COC)nc1N[C@@H]1CN(C(=O)OC)C[C@@H]1OCCF. The third kappa shape index (κ3) is 6.49. The number of hydrogen-bond acceptors (Lipinski definition) is 9. The molecular formula is C23H30ClFN4O6. The maximum absolute atomic E-state index is 12.8. The first-order valence-electron chi connectivity index (χ1n) is 10.9. The number of amides is 1. The Labute approximate surface area is 208 Å². The Kier molecular flexibility index (Phi) is 9.84. The molecule has 3 rings (SSSR count). The summed E-state index contributed by atoms with van der Waals surface area (Å²) in [5.74, 6) is 1.06. The highest BCUT2D eigenvalue weighted by atomic mass is 35.5. The molecule has 1 aliphatic rings. The number of anilines is 1. The van der Waals surface area contributed by atoms with Gasteiger partial charge in [-0.25, -0.2) is 19.2 Å². The molecule has 35 heavy (non-hydrogen) atoms. The molecule has 0 bridgehead atoms. The van der Waals surface area contributed by atoms with Gasteiger partial charge in [-0.3, -0.25) is 0 Å². The minimum Gasteiger partial charge on any atom is -0.497 e. The zero-order chi connectivity index (χ0) is 25.4. The van der Waals surface area contributed by atoms with Crippen LogP contribution in [0.1, 0.15) is 11.4 Å². The van der Waals surface area contributed by atoms with Crippen LogP contribution in [0.25, 0.3) is 11.3 Å². The molecule has 1 fully saturated rings. The summed E-state index contributed by atoms with van der Waals surface area (Å²) in [4.78, 5) is 23.2. The number of carbonyl (C=O) groups is 1. The van der Waals surface area contributed by atoms with Crippen molar-refractivity contribution in [2.75, 3.05) is 60.1 Å². The number of methoxy groups -OCH3 is 4. The summed E-state index contributed by atoms with van der Waals surface area (Å²) in [5, 5.41) is 3.76. The second kappa shape index (κ2) is 12.8. The lowest BCUT2D eigenvalue weighted by atomic mass is 10.1. The van der Waals surface area contributed by atoms with Crippen LogP contribution in [0.4, 0.5) is 15.0 Å². The highest BCUT2D eigenvalue weighted by molar-refractivity contribution is 6.33. The van der Waals surface area contributed by atoms with Crippen LogP contribution in [0.3, 0.4) is 0 Å². The summed E-state index contributed by atoms with van der Waals surface area (Å²) in [5.41, 5.74) is 2.28. The smallest absolute Gasteiger partial charge is 0.409 e.